The summed E-state index contributed by atoms with van der Waals surface area (Å²) < 4.78 is 11.3. The fourth-order valence-electron chi connectivity index (χ4n) is 5.55. The number of hydrogen-bond acceptors (Lipinski definition) is 9. The van der Waals surface area contributed by atoms with Crippen LogP contribution in [-0.4, -0.2) is 55.5 Å². The van der Waals surface area contributed by atoms with Gasteiger partial charge in [0.05, 0.1) is 61.3 Å². The van der Waals surface area contributed by atoms with E-state index in [2.05, 4.69) is 36.9 Å². The number of aromatic nitrogens is 10. The van der Waals surface area contributed by atoms with Crippen LogP contribution in [-0.2, 0) is 32.0 Å². The second kappa shape index (κ2) is 9.49. The van der Waals surface area contributed by atoms with Gasteiger partial charge in [0.1, 0.15) is 28.5 Å². The molecule has 0 radical (unpaired) electrons. The van der Waals surface area contributed by atoms with Crippen molar-refractivity contribution < 1.29 is 4.74 Å². The lowest BCUT2D eigenvalue weighted by Crippen LogP contribution is -2.22. The molecule has 0 spiro atoms. The molecule has 41 heavy (non-hydrogen) atoms. The number of imidazole rings is 1. The topological polar surface area (TPSA) is 135 Å². The molecule has 14 heteroatoms. The van der Waals surface area contributed by atoms with Crippen LogP contribution in [0.2, 0.25) is 5.15 Å². The van der Waals surface area contributed by atoms with Crippen LogP contribution in [0.4, 0.5) is 5.69 Å². The fourth-order valence-corrected chi connectivity index (χ4v) is 5.69. The highest BCUT2D eigenvalue weighted by Crippen LogP contribution is 2.34. The number of aryl methyl sites for hydroxylation is 3. The quantitative estimate of drug-likeness (QED) is 0.309. The van der Waals surface area contributed by atoms with Crippen molar-refractivity contribution in [1.82, 2.24) is 48.9 Å². The molecule has 1 atom stereocenters. The largest absolute Gasteiger partial charge is 0.377 e. The first-order chi connectivity index (χ1) is 19.8. The van der Waals surface area contributed by atoms with Crippen molar-refractivity contribution in [1.29, 1.82) is 0 Å². The Morgan fingerprint density at radius 2 is 2.02 bits per heavy atom. The van der Waals surface area contributed by atoms with E-state index in [9.17, 15) is 4.79 Å². The summed E-state index contributed by atoms with van der Waals surface area (Å²) in [5.74, 6) is 0.350. The SMILES string of the molecule is Cc1cc(C(C)Nc2ccc(Cl)nc2-c2nnn(C)n2)c2c(c1)c(=O)n(C)c1c(-c3cnn4c3COCC4)ncn21. The molecule has 6 aromatic rings. The molecular formula is C27H26ClN11O2. The van der Waals surface area contributed by atoms with Crippen molar-refractivity contribution in [3.8, 4) is 22.8 Å². The molecule has 0 fully saturated rings. The van der Waals surface area contributed by atoms with E-state index in [0.717, 1.165) is 27.9 Å². The van der Waals surface area contributed by atoms with Crippen molar-refractivity contribution in [2.45, 2.75) is 33.0 Å². The van der Waals surface area contributed by atoms with Crippen LogP contribution in [0.1, 0.15) is 29.8 Å². The molecule has 13 nitrogen and oxygen atoms in total. The fraction of sp³-hybridized carbons (Fsp3) is 0.296. The minimum Gasteiger partial charge on any atom is -0.377 e. The average molecular weight is 572 g/mol. The van der Waals surface area contributed by atoms with Crippen LogP contribution in [0.5, 0.6) is 0 Å². The predicted octanol–water partition coefficient (Wildman–Crippen LogP) is 3.30. The van der Waals surface area contributed by atoms with E-state index >= 15 is 0 Å². The van der Waals surface area contributed by atoms with Gasteiger partial charge in [-0.3, -0.25) is 18.4 Å². The Morgan fingerprint density at radius 1 is 1.17 bits per heavy atom. The van der Waals surface area contributed by atoms with E-state index in [-0.39, 0.29) is 11.6 Å². The molecule has 1 aliphatic heterocycles. The minimum atomic E-state index is -0.255. The molecule has 1 N–H and O–H groups in total. The zero-order valence-corrected chi connectivity index (χ0v) is 23.6. The third kappa shape index (κ3) is 4.07. The third-order valence-corrected chi connectivity index (χ3v) is 7.64. The summed E-state index contributed by atoms with van der Waals surface area (Å²) in [4.78, 5) is 24.4. The van der Waals surface area contributed by atoms with Gasteiger partial charge in [0.15, 0.2) is 0 Å². The summed E-state index contributed by atoms with van der Waals surface area (Å²) in [6, 6.07) is 7.29. The van der Waals surface area contributed by atoms with E-state index in [1.54, 1.807) is 37.3 Å². The van der Waals surface area contributed by atoms with Crippen molar-refractivity contribution in [3.05, 3.63) is 69.1 Å². The van der Waals surface area contributed by atoms with Gasteiger partial charge in [-0.1, -0.05) is 17.7 Å². The van der Waals surface area contributed by atoms with Crippen LogP contribution < -0.4 is 10.9 Å². The first-order valence-corrected chi connectivity index (χ1v) is 13.5. The minimum absolute atomic E-state index is 0.110. The molecule has 208 valence electrons. The van der Waals surface area contributed by atoms with Gasteiger partial charge in [0, 0.05) is 12.6 Å². The van der Waals surface area contributed by atoms with Crippen molar-refractivity contribution in [2.75, 3.05) is 11.9 Å². The second-order valence-corrected chi connectivity index (χ2v) is 10.6. The van der Waals surface area contributed by atoms with Crippen LogP contribution in [0.25, 0.3) is 39.3 Å². The predicted molar refractivity (Wildman–Crippen MR) is 153 cm³/mol. The van der Waals surface area contributed by atoms with Crippen molar-refractivity contribution in [3.63, 3.8) is 0 Å². The first kappa shape index (κ1) is 25.4. The summed E-state index contributed by atoms with van der Waals surface area (Å²) in [5, 5.41) is 21.4. The van der Waals surface area contributed by atoms with Crippen molar-refractivity contribution in [2.24, 2.45) is 14.1 Å². The number of nitrogens with zero attached hydrogens (tertiary/aromatic N) is 10. The van der Waals surface area contributed by atoms with E-state index in [1.165, 1.54) is 4.80 Å². The maximum absolute atomic E-state index is 13.8. The number of rotatable bonds is 5. The summed E-state index contributed by atoms with van der Waals surface area (Å²) in [6.07, 6.45) is 3.57. The molecule has 6 heterocycles. The molecule has 0 saturated carbocycles. The molecule has 0 saturated heterocycles. The van der Waals surface area contributed by atoms with Gasteiger partial charge in [-0.2, -0.15) is 9.90 Å². The maximum Gasteiger partial charge on any atom is 0.261 e. The van der Waals surface area contributed by atoms with Gasteiger partial charge in [-0.05, 0) is 48.4 Å². The monoisotopic (exact) mass is 571 g/mol. The van der Waals surface area contributed by atoms with Gasteiger partial charge in [-0.15, -0.1) is 10.2 Å². The average Bonchev–Trinajstić information content (AvgIpc) is 3.70. The number of anilines is 1. The highest BCUT2D eigenvalue weighted by atomic mass is 35.5. The summed E-state index contributed by atoms with van der Waals surface area (Å²) in [6.45, 7) is 5.76. The Bertz CT molecular complexity index is 2040. The molecule has 0 aliphatic carbocycles. The Hall–Kier alpha value is -4.62. The number of benzene rings is 1. The number of pyridine rings is 1. The van der Waals surface area contributed by atoms with Crippen molar-refractivity contribution >= 4 is 33.8 Å². The normalized spacial score (nSPS) is 14.1. The van der Waals surface area contributed by atoms with Crippen LogP contribution in [0, 0.1) is 6.92 Å². The zero-order valence-electron chi connectivity index (χ0n) is 22.8. The van der Waals surface area contributed by atoms with Crippen LogP contribution in [0.3, 0.4) is 0 Å². The highest BCUT2D eigenvalue weighted by Gasteiger charge is 2.25. The molecule has 7 rings (SSSR count). The number of hydrogen-bond donors (Lipinski definition) is 1. The number of halogens is 1. The van der Waals surface area contributed by atoms with E-state index in [0.29, 0.717) is 58.8 Å². The molecule has 1 unspecified atom stereocenters. The van der Waals surface area contributed by atoms with E-state index in [4.69, 9.17) is 21.3 Å². The second-order valence-electron chi connectivity index (χ2n) is 10.2. The smallest absolute Gasteiger partial charge is 0.261 e. The number of ether oxygens (including phenoxy) is 1. The van der Waals surface area contributed by atoms with Gasteiger partial charge >= 0.3 is 0 Å². The van der Waals surface area contributed by atoms with Crippen LogP contribution in [0.15, 0.2) is 41.6 Å². The number of tetrazole rings is 1. The molecule has 5 aromatic heterocycles. The summed E-state index contributed by atoms with van der Waals surface area (Å²) in [7, 11) is 3.46. The van der Waals surface area contributed by atoms with Gasteiger partial charge in [0.25, 0.3) is 5.56 Å². The number of fused-ring (bicyclic) bond motifs is 4. The maximum atomic E-state index is 13.8. The molecular weight excluding hydrogens is 546 g/mol. The summed E-state index contributed by atoms with van der Waals surface area (Å²) >= 11 is 6.23. The van der Waals surface area contributed by atoms with Crippen LogP contribution >= 0.6 is 11.6 Å². The van der Waals surface area contributed by atoms with Gasteiger partial charge in [0.2, 0.25) is 5.82 Å². The molecule has 0 amide bonds. The van der Waals surface area contributed by atoms with E-state index in [1.807, 2.05) is 35.1 Å². The Morgan fingerprint density at radius 3 is 2.83 bits per heavy atom. The lowest BCUT2D eigenvalue weighted by Gasteiger charge is -2.21. The van der Waals surface area contributed by atoms with Gasteiger partial charge in [-0.25, -0.2) is 9.97 Å². The highest BCUT2D eigenvalue weighted by molar-refractivity contribution is 6.29. The van der Waals surface area contributed by atoms with E-state index < -0.39 is 0 Å². The Labute approximate surface area is 238 Å². The lowest BCUT2D eigenvalue weighted by atomic mass is 10.0. The zero-order chi connectivity index (χ0) is 28.4. The lowest BCUT2D eigenvalue weighted by molar-refractivity contribution is 0.0804. The first-order valence-electron chi connectivity index (χ1n) is 13.1. The third-order valence-electron chi connectivity index (χ3n) is 7.43. The Balaban J connectivity index is 1.41. The molecule has 1 aromatic carbocycles. The standard InChI is InChI=1S/C27H26ClN11O2/c1-14-9-16(15(2)31-19-5-6-21(28)32-23(19)25-33-35-37(4)34-25)24-17(10-14)27(40)36(3)26-22(29-13-38(24)26)18-11-30-39-7-8-41-12-20(18)39/h5-6,9-11,13,15,31H,7-8,12H2,1-4H3. The Kier molecular flexibility index (Phi) is 5.87. The molecule has 0 bridgehead atoms. The molecule has 1 aliphatic rings. The van der Waals surface area contributed by atoms with Gasteiger partial charge < -0.3 is 10.1 Å². The summed E-state index contributed by atoms with van der Waals surface area (Å²) in [5.41, 5.74) is 6.87. The number of nitrogens with one attached hydrogen (secondary N) is 1.